The van der Waals surface area contributed by atoms with Crippen LogP contribution in [0.25, 0.3) is 10.1 Å². The third-order valence-electron chi connectivity index (χ3n) is 2.98. The van der Waals surface area contributed by atoms with Crippen LogP contribution in [-0.4, -0.2) is 31.1 Å². The number of ether oxygens (including phenoxy) is 1. The molecule has 1 aromatic carbocycles. The molecule has 0 saturated heterocycles. The van der Waals surface area contributed by atoms with Gasteiger partial charge in [0.1, 0.15) is 4.88 Å². The van der Waals surface area contributed by atoms with Crippen LogP contribution >= 0.6 is 22.9 Å². The van der Waals surface area contributed by atoms with Crippen LogP contribution in [0.3, 0.4) is 0 Å². The van der Waals surface area contributed by atoms with Gasteiger partial charge in [-0.25, -0.2) is 9.59 Å². The Bertz CT molecular complexity index is 773. The number of hydrogen-bond acceptors (Lipinski definition) is 5. The molecule has 0 radical (unpaired) electrons. The van der Waals surface area contributed by atoms with Crippen LogP contribution in [-0.2, 0) is 9.53 Å². The summed E-state index contributed by atoms with van der Waals surface area (Å²) in [5.74, 6) is -1.14. The Balaban J connectivity index is 1.89. The molecule has 0 fully saturated rings. The molecule has 0 aliphatic rings. The number of urea groups is 1. The van der Waals surface area contributed by atoms with E-state index in [-0.39, 0.29) is 10.8 Å². The summed E-state index contributed by atoms with van der Waals surface area (Å²) in [5, 5.41) is 5.68. The zero-order valence-corrected chi connectivity index (χ0v) is 14.8. The number of imide groups is 1. The molecule has 0 bridgehead atoms. The number of esters is 1. The molecule has 0 aliphatic carbocycles. The number of amides is 3. The summed E-state index contributed by atoms with van der Waals surface area (Å²) in [6, 6.07) is 6.68. The number of rotatable bonds is 5. The van der Waals surface area contributed by atoms with Crippen molar-refractivity contribution in [3.8, 4) is 0 Å². The summed E-state index contributed by atoms with van der Waals surface area (Å²) in [5.41, 5.74) is 0. The van der Waals surface area contributed by atoms with Crippen LogP contribution in [0.15, 0.2) is 24.3 Å². The maximum atomic E-state index is 12.1. The minimum Gasteiger partial charge on any atom is -0.451 e. The van der Waals surface area contributed by atoms with Gasteiger partial charge in [-0.15, -0.1) is 11.3 Å². The van der Waals surface area contributed by atoms with Gasteiger partial charge in [-0.2, -0.15) is 0 Å². The van der Waals surface area contributed by atoms with Crippen LogP contribution in [0, 0.1) is 5.92 Å². The lowest BCUT2D eigenvalue weighted by atomic mass is 10.2. The predicted octanol–water partition coefficient (Wildman–Crippen LogP) is 3.19. The molecule has 8 heteroatoms. The topological polar surface area (TPSA) is 84.5 Å². The summed E-state index contributed by atoms with van der Waals surface area (Å²) >= 11 is 7.36. The van der Waals surface area contributed by atoms with E-state index in [2.05, 4.69) is 10.6 Å². The van der Waals surface area contributed by atoms with Gasteiger partial charge in [-0.1, -0.05) is 43.6 Å². The monoisotopic (exact) mass is 368 g/mol. The quantitative estimate of drug-likeness (QED) is 0.794. The normalized spacial score (nSPS) is 10.7. The predicted molar refractivity (Wildman–Crippen MR) is 93.5 cm³/mol. The van der Waals surface area contributed by atoms with Crippen molar-refractivity contribution in [3.05, 3.63) is 34.2 Å². The number of halogens is 1. The number of fused-ring (bicyclic) bond motifs is 1. The van der Waals surface area contributed by atoms with Gasteiger partial charge in [0.25, 0.3) is 5.91 Å². The molecule has 0 saturated carbocycles. The van der Waals surface area contributed by atoms with Gasteiger partial charge in [0.2, 0.25) is 0 Å². The first-order valence-corrected chi connectivity index (χ1v) is 8.49. The second kappa shape index (κ2) is 8.12. The molecule has 1 aromatic heterocycles. The molecule has 0 atom stereocenters. The van der Waals surface area contributed by atoms with E-state index in [1.54, 1.807) is 6.07 Å². The number of thiophene rings is 1. The first-order chi connectivity index (χ1) is 11.4. The molecule has 0 aliphatic heterocycles. The maximum absolute atomic E-state index is 12.1. The molecule has 2 N–H and O–H groups in total. The van der Waals surface area contributed by atoms with Crippen molar-refractivity contribution < 1.29 is 19.1 Å². The number of benzene rings is 1. The summed E-state index contributed by atoms with van der Waals surface area (Å²) in [6.45, 7) is 3.74. The zero-order chi connectivity index (χ0) is 17.7. The van der Waals surface area contributed by atoms with Gasteiger partial charge >= 0.3 is 12.0 Å². The van der Waals surface area contributed by atoms with Crippen molar-refractivity contribution in [2.24, 2.45) is 5.92 Å². The fraction of sp³-hybridized carbons (Fsp3) is 0.312. The lowest BCUT2D eigenvalue weighted by Gasteiger charge is -2.08. The highest BCUT2D eigenvalue weighted by atomic mass is 35.5. The molecule has 128 valence electrons. The Kier molecular flexibility index (Phi) is 6.16. The van der Waals surface area contributed by atoms with Gasteiger partial charge in [0.15, 0.2) is 6.61 Å². The Labute approximate surface area is 148 Å². The Morgan fingerprint density at radius 2 is 1.96 bits per heavy atom. The van der Waals surface area contributed by atoms with Gasteiger partial charge in [0, 0.05) is 16.6 Å². The minimum atomic E-state index is -0.707. The molecule has 6 nitrogen and oxygen atoms in total. The van der Waals surface area contributed by atoms with Crippen molar-refractivity contribution in [1.82, 2.24) is 10.6 Å². The van der Waals surface area contributed by atoms with Crippen molar-refractivity contribution in [1.29, 1.82) is 0 Å². The van der Waals surface area contributed by atoms with Crippen LogP contribution in [0.4, 0.5) is 4.79 Å². The highest BCUT2D eigenvalue weighted by Crippen LogP contribution is 2.35. The van der Waals surface area contributed by atoms with Gasteiger partial charge in [-0.05, 0) is 12.0 Å². The molecule has 0 spiro atoms. The first-order valence-electron chi connectivity index (χ1n) is 7.30. The zero-order valence-electron chi connectivity index (χ0n) is 13.2. The molecule has 2 rings (SSSR count). The van der Waals surface area contributed by atoms with E-state index in [0.717, 1.165) is 10.1 Å². The Morgan fingerprint density at radius 3 is 2.62 bits per heavy atom. The fourth-order valence-electron chi connectivity index (χ4n) is 1.85. The van der Waals surface area contributed by atoms with Crippen LogP contribution in [0.2, 0.25) is 5.02 Å². The molecule has 3 amide bonds. The minimum absolute atomic E-state index is 0.231. The SMILES string of the molecule is CC(C)CNC(=O)NC(=O)COC(=O)c1sc2ccccc2c1Cl. The second-order valence-electron chi connectivity index (χ2n) is 5.47. The largest absolute Gasteiger partial charge is 0.451 e. The maximum Gasteiger partial charge on any atom is 0.350 e. The van der Waals surface area contributed by atoms with Crippen molar-refractivity contribution in [2.75, 3.05) is 13.2 Å². The smallest absolute Gasteiger partial charge is 0.350 e. The van der Waals surface area contributed by atoms with E-state index in [0.29, 0.717) is 11.6 Å². The van der Waals surface area contributed by atoms with Crippen molar-refractivity contribution >= 4 is 50.9 Å². The third kappa shape index (κ3) is 4.69. The highest BCUT2D eigenvalue weighted by molar-refractivity contribution is 7.21. The average Bonchev–Trinajstić information content (AvgIpc) is 2.88. The van der Waals surface area contributed by atoms with E-state index in [1.807, 2.05) is 32.0 Å². The fourth-order valence-corrected chi connectivity index (χ4v) is 3.25. The summed E-state index contributed by atoms with van der Waals surface area (Å²) < 4.78 is 5.78. The molecular weight excluding hydrogens is 352 g/mol. The Hall–Kier alpha value is -2.12. The number of carbonyl (C=O) groups excluding carboxylic acids is 3. The average molecular weight is 369 g/mol. The number of hydrogen-bond donors (Lipinski definition) is 2. The van der Waals surface area contributed by atoms with Crippen LogP contribution < -0.4 is 10.6 Å². The highest BCUT2D eigenvalue weighted by Gasteiger charge is 2.19. The van der Waals surface area contributed by atoms with Crippen molar-refractivity contribution in [2.45, 2.75) is 13.8 Å². The second-order valence-corrected chi connectivity index (χ2v) is 6.90. The lowest BCUT2D eigenvalue weighted by molar-refractivity contribution is -0.123. The first kappa shape index (κ1) is 18.2. The third-order valence-corrected chi connectivity index (χ3v) is 4.63. The van der Waals surface area contributed by atoms with E-state index < -0.39 is 24.5 Å². The number of nitrogens with one attached hydrogen (secondary N) is 2. The Morgan fingerprint density at radius 1 is 1.25 bits per heavy atom. The molecule has 1 heterocycles. The van der Waals surface area contributed by atoms with Gasteiger partial charge in [0.05, 0.1) is 5.02 Å². The van der Waals surface area contributed by atoms with Gasteiger partial charge in [-0.3, -0.25) is 10.1 Å². The van der Waals surface area contributed by atoms with Crippen LogP contribution in [0.1, 0.15) is 23.5 Å². The van der Waals surface area contributed by atoms with E-state index in [9.17, 15) is 14.4 Å². The van der Waals surface area contributed by atoms with Gasteiger partial charge < -0.3 is 10.1 Å². The van der Waals surface area contributed by atoms with E-state index >= 15 is 0 Å². The molecule has 0 unspecified atom stereocenters. The molecule has 24 heavy (non-hydrogen) atoms. The van der Waals surface area contributed by atoms with E-state index in [1.165, 1.54) is 11.3 Å². The standard InChI is InChI=1S/C16H17ClN2O4S/c1-9(2)7-18-16(22)19-12(20)8-23-15(21)14-13(17)10-5-3-4-6-11(10)24-14/h3-6,9H,7-8H2,1-2H3,(H2,18,19,20,22). The van der Waals surface area contributed by atoms with Crippen LogP contribution in [0.5, 0.6) is 0 Å². The summed E-state index contributed by atoms with van der Waals surface area (Å²) in [4.78, 5) is 35.3. The van der Waals surface area contributed by atoms with Crippen molar-refractivity contribution in [3.63, 3.8) is 0 Å². The summed E-state index contributed by atoms with van der Waals surface area (Å²) in [6.07, 6.45) is 0. The molecule has 2 aromatic rings. The lowest BCUT2D eigenvalue weighted by Crippen LogP contribution is -2.42. The summed E-state index contributed by atoms with van der Waals surface area (Å²) in [7, 11) is 0. The van der Waals surface area contributed by atoms with E-state index in [4.69, 9.17) is 16.3 Å². The number of carbonyl (C=O) groups is 3. The molecular formula is C16H17ClN2O4S.